The molecule has 0 radical (unpaired) electrons. The topological polar surface area (TPSA) is 80.0 Å². The molecule has 1 saturated heterocycles. The number of rotatable bonds is 6. The molecule has 0 spiro atoms. The van der Waals surface area contributed by atoms with Crippen molar-refractivity contribution >= 4 is 22.8 Å². The van der Waals surface area contributed by atoms with Crippen LogP contribution in [0.5, 0.6) is 0 Å². The molecule has 1 fully saturated rings. The first-order valence-corrected chi connectivity index (χ1v) is 7.75. The summed E-state index contributed by atoms with van der Waals surface area (Å²) in [6.07, 6.45) is 1.73. The molecule has 1 aliphatic heterocycles. The van der Waals surface area contributed by atoms with E-state index in [0.29, 0.717) is 18.7 Å². The number of aliphatic carboxylic acids is 1. The second-order valence-corrected chi connectivity index (χ2v) is 5.68. The SMILES string of the molecule is O=C(O)CCN(CC1CCCO1)C(=O)c1cc2ccccc2o1. The van der Waals surface area contributed by atoms with Gasteiger partial charge in [0.05, 0.1) is 12.5 Å². The molecule has 1 aliphatic rings. The summed E-state index contributed by atoms with van der Waals surface area (Å²) in [5, 5.41) is 9.75. The maximum atomic E-state index is 12.7. The Labute approximate surface area is 133 Å². The number of hydrogen-bond donors (Lipinski definition) is 1. The molecule has 1 aromatic carbocycles. The number of nitrogens with zero attached hydrogens (tertiary/aromatic N) is 1. The smallest absolute Gasteiger partial charge is 0.305 e. The minimum absolute atomic E-state index is 0.0304. The summed E-state index contributed by atoms with van der Waals surface area (Å²) < 4.78 is 11.2. The standard InChI is InChI=1S/C17H19NO5/c19-16(20)7-8-18(11-13-5-3-9-22-13)17(21)15-10-12-4-1-2-6-14(12)23-15/h1-2,4,6,10,13H,3,5,7-9,11H2,(H,19,20). The Bertz CT molecular complexity index is 669. The minimum atomic E-state index is -0.931. The zero-order valence-corrected chi connectivity index (χ0v) is 12.7. The number of amides is 1. The van der Waals surface area contributed by atoms with Gasteiger partial charge in [0, 0.05) is 25.1 Å². The van der Waals surface area contributed by atoms with Crippen LogP contribution >= 0.6 is 0 Å². The lowest BCUT2D eigenvalue weighted by Crippen LogP contribution is -2.38. The van der Waals surface area contributed by atoms with Gasteiger partial charge in [-0.25, -0.2) is 0 Å². The molecule has 2 aromatic rings. The Hall–Kier alpha value is -2.34. The first-order chi connectivity index (χ1) is 11.1. The van der Waals surface area contributed by atoms with Gasteiger partial charge in [0.15, 0.2) is 5.76 Å². The van der Waals surface area contributed by atoms with Crippen molar-refractivity contribution in [3.8, 4) is 0 Å². The monoisotopic (exact) mass is 317 g/mol. The van der Waals surface area contributed by atoms with Crippen LogP contribution in [0.2, 0.25) is 0 Å². The van der Waals surface area contributed by atoms with E-state index in [1.807, 2.05) is 18.2 Å². The number of carbonyl (C=O) groups is 2. The molecule has 3 rings (SSSR count). The number of carboxylic acids is 1. The first-order valence-electron chi connectivity index (χ1n) is 7.75. The van der Waals surface area contributed by atoms with Crippen LogP contribution in [-0.4, -0.2) is 47.7 Å². The summed E-state index contributed by atoms with van der Waals surface area (Å²) >= 11 is 0. The lowest BCUT2D eigenvalue weighted by Gasteiger charge is -2.24. The van der Waals surface area contributed by atoms with Crippen molar-refractivity contribution < 1.29 is 23.8 Å². The highest BCUT2D eigenvalue weighted by atomic mass is 16.5. The number of benzene rings is 1. The number of carboxylic acid groups (broad SMARTS) is 1. The Kier molecular flexibility index (Phi) is 4.62. The molecule has 23 heavy (non-hydrogen) atoms. The highest BCUT2D eigenvalue weighted by Gasteiger charge is 2.25. The van der Waals surface area contributed by atoms with E-state index in [1.54, 1.807) is 12.1 Å². The number of carbonyl (C=O) groups excluding carboxylic acids is 1. The van der Waals surface area contributed by atoms with Crippen molar-refractivity contribution in [2.45, 2.75) is 25.4 Å². The highest BCUT2D eigenvalue weighted by molar-refractivity contribution is 5.96. The molecule has 2 heterocycles. The fourth-order valence-electron chi connectivity index (χ4n) is 2.78. The summed E-state index contributed by atoms with van der Waals surface area (Å²) in [6, 6.07) is 9.08. The second-order valence-electron chi connectivity index (χ2n) is 5.68. The third-order valence-corrected chi connectivity index (χ3v) is 3.97. The van der Waals surface area contributed by atoms with Gasteiger partial charge in [0.1, 0.15) is 5.58 Å². The van der Waals surface area contributed by atoms with Crippen LogP contribution in [0.4, 0.5) is 0 Å². The van der Waals surface area contributed by atoms with E-state index < -0.39 is 5.97 Å². The fraction of sp³-hybridized carbons (Fsp3) is 0.412. The Morgan fingerprint density at radius 2 is 2.13 bits per heavy atom. The van der Waals surface area contributed by atoms with Crippen molar-refractivity contribution in [3.63, 3.8) is 0 Å². The van der Waals surface area contributed by atoms with Crippen molar-refractivity contribution in [2.24, 2.45) is 0 Å². The first kappa shape index (κ1) is 15.6. The summed E-state index contributed by atoms with van der Waals surface area (Å²) in [5.74, 6) is -0.993. The zero-order valence-electron chi connectivity index (χ0n) is 12.7. The van der Waals surface area contributed by atoms with Crippen molar-refractivity contribution in [2.75, 3.05) is 19.7 Å². The number of para-hydroxylation sites is 1. The molecule has 1 aromatic heterocycles. The number of ether oxygens (including phenoxy) is 1. The van der Waals surface area contributed by atoms with Gasteiger partial charge in [-0.05, 0) is 25.0 Å². The van der Waals surface area contributed by atoms with E-state index >= 15 is 0 Å². The van der Waals surface area contributed by atoms with Crippen LogP contribution < -0.4 is 0 Å². The van der Waals surface area contributed by atoms with Crippen LogP contribution in [0.3, 0.4) is 0 Å². The van der Waals surface area contributed by atoms with Crippen molar-refractivity contribution in [3.05, 3.63) is 36.1 Å². The summed E-state index contributed by atoms with van der Waals surface area (Å²) in [5.41, 5.74) is 0.645. The van der Waals surface area contributed by atoms with Crippen LogP contribution in [0.15, 0.2) is 34.7 Å². The molecule has 0 saturated carbocycles. The summed E-state index contributed by atoms with van der Waals surface area (Å²) in [4.78, 5) is 25.1. The van der Waals surface area contributed by atoms with E-state index in [1.165, 1.54) is 4.90 Å². The van der Waals surface area contributed by atoms with Gasteiger partial charge >= 0.3 is 5.97 Å². The van der Waals surface area contributed by atoms with Gasteiger partial charge in [-0.1, -0.05) is 18.2 Å². The van der Waals surface area contributed by atoms with E-state index in [2.05, 4.69) is 0 Å². The lowest BCUT2D eigenvalue weighted by atomic mass is 10.2. The van der Waals surface area contributed by atoms with E-state index in [0.717, 1.165) is 18.2 Å². The highest BCUT2D eigenvalue weighted by Crippen LogP contribution is 2.21. The van der Waals surface area contributed by atoms with Gasteiger partial charge in [0.25, 0.3) is 5.91 Å². The molecule has 0 aliphatic carbocycles. The summed E-state index contributed by atoms with van der Waals surface area (Å²) in [7, 11) is 0. The Morgan fingerprint density at radius 3 is 2.83 bits per heavy atom. The summed E-state index contributed by atoms with van der Waals surface area (Å²) in [6.45, 7) is 1.23. The van der Waals surface area contributed by atoms with Crippen LogP contribution in [-0.2, 0) is 9.53 Å². The largest absolute Gasteiger partial charge is 0.481 e. The zero-order chi connectivity index (χ0) is 16.2. The Morgan fingerprint density at radius 1 is 1.30 bits per heavy atom. The molecular formula is C17H19NO5. The maximum absolute atomic E-state index is 12.7. The van der Waals surface area contributed by atoms with Crippen molar-refractivity contribution in [1.29, 1.82) is 0 Å². The molecule has 1 unspecified atom stereocenters. The quantitative estimate of drug-likeness (QED) is 0.885. The van der Waals surface area contributed by atoms with Crippen LogP contribution in [0, 0.1) is 0 Å². The number of hydrogen-bond acceptors (Lipinski definition) is 4. The normalized spacial score (nSPS) is 17.5. The predicted molar refractivity (Wildman–Crippen MR) is 83.3 cm³/mol. The lowest BCUT2D eigenvalue weighted by molar-refractivity contribution is -0.137. The third kappa shape index (κ3) is 3.71. The van der Waals surface area contributed by atoms with Crippen LogP contribution in [0.1, 0.15) is 29.8 Å². The average molecular weight is 317 g/mol. The van der Waals surface area contributed by atoms with Crippen molar-refractivity contribution in [1.82, 2.24) is 4.90 Å². The molecule has 122 valence electrons. The van der Waals surface area contributed by atoms with Gasteiger partial charge in [-0.15, -0.1) is 0 Å². The molecule has 0 bridgehead atoms. The Balaban J connectivity index is 1.78. The fourth-order valence-corrected chi connectivity index (χ4v) is 2.78. The van der Waals surface area contributed by atoms with Gasteiger partial charge in [-0.2, -0.15) is 0 Å². The molecule has 6 heteroatoms. The van der Waals surface area contributed by atoms with Gasteiger partial charge in [-0.3, -0.25) is 9.59 Å². The van der Waals surface area contributed by atoms with Gasteiger partial charge in [0.2, 0.25) is 0 Å². The predicted octanol–water partition coefficient (Wildman–Crippen LogP) is 2.53. The number of furan rings is 1. The molecule has 6 nitrogen and oxygen atoms in total. The molecule has 1 N–H and O–H groups in total. The average Bonchev–Trinajstić information content (AvgIpc) is 3.19. The van der Waals surface area contributed by atoms with Crippen LogP contribution in [0.25, 0.3) is 11.0 Å². The maximum Gasteiger partial charge on any atom is 0.305 e. The molecule has 1 atom stereocenters. The van der Waals surface area contributed by atoms with Gasteiger partial charge < -0.3 is 19.2 Å². The number of fused-ring (bicyclic) bond motifs is 1. The van der Waals surface area contributed by atoms with E-state index in [9.17, 15) is 9.59 Å². The third-order valence-electron chi connectivity index (χ3n) is 3.97. The van der Waals surface area contributed by atoms with E-state index in [4.69, 9.17) is 14.3 Å². The van der Waals surface area contributed by atoms with E-state index in [-0.39, 0.29) is 30.7 Å². The second kappa shape index (κ2) is 6.83. The minimum Gasteiger partial charge on any atom is -0.481 e. The molecule has 1 amide bonds. The molecular weight excluding hydrogens is 298 g/mol.